The molecule has 0 fully saturated rings. The summed E-state index contributed by atoms with van der Waals surface area (Å²) in [7, 11) is 0. The Kier molecular flexibility index (Phi) is 16.1. The number of rotatable bonds is 20. The number of anilines is 1. The van der Waals surface area contributed by atoms with Crippen LogP contribution >= 0.6 is 11.3 Å². The Balaban J connectivity index is 1.97. The molecule has 1 heterocycles. The quantitative estimate of drug-likeness (QED) is 0.138. The molecule has 0 aliphatic carbocycles. The molecule has 1 aromatic heterocycles. The summed E-state index contributed by atoms with van der Waals surface area (Å²) in [5, 5.41) is 47.0. The van der Waals surface area contributed by atoms with Gasteiger partial charge in [0, 0.05) is 18.8 Å². The third-order valence-electron chi connectivity index (χ3n) is 6.58. The van der Waals surface area contributed by atoms with Gasteiger partial charge < -0.3 is 24.6 Å². The van der Waals surface area contributed by atoms with Crippen molar-refractivity contribution in [3.63, 3.8) is 0 Å². The molecule has 0 bridgehead atoms. The van der Waals surface area contributed by atoms with Gasteiger partial charge in [-0.25, -0.2) is 0 Å². The number of nitriles is 2. The van der Waals surface area contributed by atoms with Gasteiger partial charge in [0.15, 0.2) is 5.00 Å². The van der Waals surface area contributed by atoms with Crippen LogP contribution in [0, 0.1) is 36.5 Å². The maximum absolute atomic E-state index is 10.3. The molecule has 0 saturated carbocycles. The van der Waals surface area contributed by atoms with Crippen molar-refractivity contribution < 1.29 is 19.7 Å². The first-order chi connectivity index (χ1) is 19.4. The molecule has 0 radical (unpaired) electrons. The van der Waals surface area contributed by atoms with Crippen LogP contribution in [-0.2, 0) is 9.47 Å². The zero-order valence-electron chi connectivity index (χ0n) is 24.1. The van der Waals surface area contributed by atoms with Crippen LogP contribution in [0.4, 0.5) is 16.4 Å². The number of aliphatic hydroxyl groups excluding tert-OH is 2. The molecule has 0 aliphatic heterocycles. The molecule has 0 aliphatic rings. The van der Waals surface area contributed by atoms with Gasteiger partial charge in [0.1, 0.15) is 17.0 Å². The lowest BCUT2D eigenvalue weighted by Gasteiger charge is -2.25. The van der Waals surface area contributed by atoms with E-state index in [9.17, 15) is 15.6 Å². The Morgan fingerprint density at radius 1 is 0.975 bits per heavy atom. The lowest BCUT2D eigenvalue weighted by atomic mass is 10.1. The van der Waals surface area contributed by atoms with E-state index < -0.39 is 6.10 Å². The molecule has 10 heteroatoms. The van der Waals surface area contributed by atoms with E-state index in [1.807, 2.05) is 25.1 Å². The molecule has 0 spiro atoms. The van der Waals surface area contributed by atoms with E-state index in [4.69, 9.17) is 14.6 Å². The summed E-state index contributed by atoms with van der Waals surface area (Å²) in [6.45, 7) is 8.62. The van der Waals surface area contributed by atoms with Crippen LogP contribution in [-0.4, -0.2) is 62.4 Å². The monoisotopic (exact) mass is 569 g/mol. The smallest absolute Gasteiger partial charge is 0.158 e. The zero-order chi connectivity index (χ0) is 29.2. The Hall–Kier alpha value is -2.86. The number of hydrogen-bond acceptors (Lipinski definition) is 10. The Morgan fingerprint density at radius 3 is 2.38 bits per heavy atom. The largest absolute Gasteiger partial charge is 0.394 e. The number of aryl methyl sites for hydroxylation is 1. The van der Waals surface area contributed by atoms with E-state index in [-0.39, 0.29) is 13.2 Å². The number of hydrogen-bond donors (Lipinski definition) is 2. The zero-order valence-corrected chi connectivity index (χ0v) is 24.9. The van der Waals surface area contributed by atoms with Gasteiger partial charge in [0.25, 0.3) is 0 Å². The molecule has 2 N–H and O–H groups in total. The fourth-order valence-electron chi connectivity index (χ4n) is 4.20. The van der Waals surface area contributed by atoms with E-state index in [1.54, 1.807) is 6.92 Å². The van der Waals surface area contributed by atoms with Crippen LogP contribution in [0.2, 0.25) is 0 Å². The summed E-state index contributed by atoms with van der Waals surface area (Å²) >= 11 is 1.16. The van der Waals surface area contributed by atoms with Crippen LogP contribution < -0.4 is 4.90 Å². The third kappa shape index (κ3) is 11.3. The number of aliphatic hydroxyl groups is 2. The second-order valence-corrected chi connectivity index (χ2v) is 10.7. The van der Waals surface area contributed by atoms with Gasteiger partial charge in [0.05, 0.1) is 50.4 Å². The molecular weight excluding hydrogens is 526 g/mol. The van der Waals surface area contributed by atoms with Crippen molar-refractivity contribution in [1.29, 1.82) is 10.5 Å². The normalized spacial score (nSPS) is 12.0. The Labute approximate surface area is 242 Å². The number of benzene rings is 1. The Morgan fingerprint density at radius 2 is 1.70 bits per heavy atom. The van der Waals surface area contributed by atoms with Crippen LogP contribution in [0.1, 0.15) is 73.4 Å². The fourth-order valence-corrected chi connectivity index (χ4v) is 5.08. The van der Waals surface area contributed by atoms with Crippen LogP contribution in [0.5, 0.6) is 0 Å². The van der Waals surface area contributed by atoms with Gasteiger partial charge in [-0.1, -0.05) is 45.4 Å². The number of thiophene rings is 1. The molecule has 9 nitrogen and oxygen atoms in total. The first-order valence-corrected chi connectivity index (χ1v) is 14.9. The molecule has 1 atom stereocenters. The van der Waals surface area contributed by atoms with Crippen molar-refractivity contribution in [2.24, 2.45) is 10.2 Å². The van der Waals surface area contributed by atoms with Crippen molar-refractivity contribution in [2.75, 3.05) is 51.0 Å². The highest BCUT2D eigenvalue weighted by Gasteiger charge is 2.15. The topological polar surface area (TPSA) is 134 Å². The van der Waals surface area contributed by atoms with Gasteiger partial charge in [-0.05, 0) is 49.6 Å². The van der Waals surface area contributed by atoms with Crippen molar-refractivity contribution >= 4 is 27.7 Å². The van der Waals surface area contributed by atoms with Crippen molar-refractivity contribution in [1.82, 2.24) is 0 Å². The van der Waals surface area contributed by atoms with Crippen molar-refractivity contribution in [2.45, 2.75) is 71.8 Å². The number of azo groups is 1. The average molecular weight is 570 g/mol. The van der Waals surface area contributed by atoms with Crippen LogP contribution in [0.25, 0.3) is 0 Å². The standard InChI is InChI=1S/C30H43N5O4S/c1-4-5-6-7-8-9-10-26(37)22-39-17-14-35(13-16-38-18-15-36)25-11-12-28(23(2)19-25)33-34-30-27(20-31)24(3)29(21-32)40-30/h11-12,19,26,36-37H,4-10,13-18,22H2,1-3H3. The summed E-state index contributed by atoms with van der Waals surface area (Å²) in [5.41, 5.74) is 3.56. The lowest BCUT2D eigenvalue weighted by Crippen LogP contribution is -2.32. The second kappa shape index (κ2) is 19.3. The highest BCUT2D eigenvalue weighted by molar-refractivity contribution is 7.16. The van der Waals surface area contributed by atoms with Gasteiger partial charge in [-0.15, -0.1) is 21.6 Å². The minimum atomic E-state index is -0.447. The molecule has 2 rings (SSSR count). The highest BCUT2D eigenvalue weighted by Crippen LogP contribution is 2.36. The molecule has 2 aromatic rings. The minimum absolute atomic E-state index is 0.0223. The first kappa shape index (κ1) is 33.3. The summed E-state index contributed by atoms with van der Waals surface area (Å²) < 4.78 is 11.3. The number of unbranched alkanes of at least 4 members (excludes halogenated alkanes) is 5. The maximum atomic E-state index is 10.3. The predicted molar refractivity (Wildman–Crippen MR) is 159 cm³/mol. The Bertz CT molecular complexity index is 1140. The van der Waals surface area contributed by atoms with Gasteiger partial charge in [-0.2, -0.15) is 10.5 Å². The lowest BCUT2D eigenvalue weighted by molar-refractivity contribution is 0.0335. The summed E-state index contributed by atoms with van der Waals surface area (Å²) in [4.78, 5) is 2.61. The average Bonchev–Trinajstić information content (AvgIpc) is 3.27. The van der Waals surface area contributed by atoms with Gasteiger partial charge in [0.2, 0.25) is 0 Å². The fraction of sp³-hybridized carbons (Fsp3) is 0.600. The molecule has 0 amide bonds. The second-order valence-electron chi connectivity index (χ2n) is 9.74. The van der Waals surface area contributed by atoms with Crippen LogP contribution in [0.15, 0.2) is 28.4 Å². The van der Waals surface area contributed by atoms with Gasteiger partial charge >= 0.3 is 0 Å². The molecule has 1 aromatic carbocycles. The molecule has 218 valence electrons. The van der Waals surface area contributed by atoms with E-state index in [0.717, 1.165) is 41.9 Å². The molecule has 0 saturated heterocycles. The number of nitrogens with zero attached hydrogens (tertiary/aromatic N) is 5. The summed E-state index contributed by atoms with van der Waals surface area (Å²) in [5.74, 6) is 0. The summed E-state index contributed by atoms with van der Waals surface area (Å²) in [6, 6.07) is 10.1. The SMILES string of the molecule is CCCCCCCCC(O)COCCN(CCOCCO)c1ccc(N=Nc2sc(C#N)c(C)c2C#N)c(C)c1. The van der Waals surface area contributed by atoms with E-state index in [2.05, 4.69) is 34.2 Å². The van der Waals surface area contributed by atoms with Crippen LogP contribution in [0.3, 0.4) is 0 Å². The maximum Gasteiger partial charge on any atom is 0.158 e. The molecular formula is C30H43N5O4S. The van der Waals surface area contributed by atoms with E-state index in [1.165, 1.54) is 25.7 Å². The molecule has 40 heavy (non-hydrogen) atoms. The third-order valence-corrected chi connectivity index (χ3v) is 7.66. The first-order valence-electron chi connectivity index (χ1n) is 14.1. The van der Waals surface area contributed by atoms with E-state index >= 15 is 0 Å². The van der Waals surface area contributed by atoms with Crippen molar-refractivity contribution in [3.8, 4) is 12.1 Å². The van der Waals surface area contributed by atoms with Gasteiger partial charge in [-0.3, -0.25) is 0 Å². The summed E-state index contributed by atoms with van der Waals surface area (Å²) in [6.07, 6.45) is 7.50. The predicted octanol–water partition coefficient (Wildman–Crippen LogP) is 6.47. The van der Waals surface area contributed by atoms with Crippen molar-refractivity contribution in [3.05, 3.63) is 39.8 Å². The van der Waals surface area contributed by atoms with E-state index in [0.29, 0.717) is 59.6 Å². The highest BCUT2D eigenvalue weighted by atomic mass is 32.1. The molecule has 1 unspecified atom stereocenters. The number of ether oxygens (including phenoxy) is 2. The minimum Gasteiger partial charge on any atom is -0.394 e.